The Kier molecular flexibility index (Phi) is 24.8. The molecule has 0 amide bonds. The zero-order chi connectivity index (χ0) is 35.9. The topological polar surface area (TPSA) is 127 Å². The van der Waals surface area contributed by atoms with E-state index in [0.717, 1.165) is 0 Å². The van der Waals surface area contributed by atoms with Crippen LogP contribution in [0.15, 0.2) is 146 Å². The summed E-state index contributed by atoms with van der Waals surface area (Å²) in [6, 6.07) is 39.5. The molecule has 0 atom stereocenters. The molecule has 0 fully saturated rings. The third-order valence-corrected chi connectivity index (χ3v) is 6.99. The molecular weight excluding hydrogens is 832 g/mol. The van der Waals surface area contributed by atoms with Crippen LogP contribution < -0.4 is 10.2 Å². The van der Waals surface area contributed by atoms with E-state index in [1.807, 2.05) is 0 Å². The molecule has 0 saturated carbocycles. The van der Waals surface area contributed by atoms with Crippen LogP contribution in [0.25, 0.3) is 0 Å². The molecule has 0 heterocycles. The Bertz CT molecular complexity index is 1330. The largest absolute Gasteiger partial charge is 0.871 e. The van der Waals surface area contributed by atoms with Crippen molar-refractivity contribution in [2.45, 2.75) is 0 Å². The Morgan fingerprint density at radius 1 is 0.286 bits per heavy atom. The van der Waals surface area contributed by atoms with Crippen LogP contribution >= 0.6 is 69.6 Å². The summed E-state index contributed by atoms with van der Waals surface area (Å²) in [5.41, 5.74) is 0. The van der Waals surface area contributed by atoms with Crippen LogP contribution in [0.2, 0.25) is 30.1 Å². The molecule has 0 aromatic heterocycles. The maximum atomic E-state index is 10.5. The number of aromatic hydroxyl groups is 4. The molecule has 0 aliphatic rings. The second-order valence-electron chi connectivity index (χ2n) is 8.67. The molecule has 6 nitrogen and oxygen atoms in total. The standard InChI is InChI=1S/6C6H5ClO.Zr/c6*7-5-3-1-2-4-6(5)8;/h6*1-4,8H;/p-2. The Hall–Kier alpha value is -3.26. The Morgan fingerprint density at radius 3 is 0.551 bits per heavy atom. The zero-order valence-electron chi connectivity index (χ0n) is 25.2. The van der Waals surface area contributed by atoms with Crippen molar-refractivity contribution in [3.05, 3.63) is 176 Å². The normalized spacial score (nSPS) is 8.94. The van der Waals surface area contributed by atoms with E-state index in [4.69, 9.17) is 90.0 Å². The van der Waals surface area contributed by atoms with Gasteiger partial charge in [-0.05, 0) is 60.7 Å². The van der Waals surface area contributed by atoms with Crippen molar-refractivity contribution in [3.63, 3.8) is 0 Å². The molecule has 256 valence electrons. The number of benzene rings is 6. The molecule has 13 heteroatoms. The van der Waals surface area contributed by atoms with Gasteiger partial charge in [-0.3, -0.25) is 0 Å². The molecule has 49 heavy (non-hydrogen) atoms. The van der Waals surface area contributed by atoms with Crippen molar-refractivity contribution >= 4 is 69.6 Å². The van der Waals surface area contributed by atoms with E-state index in [1.165, 1.54) is 12.1 Å². The SMILES string of the molecule is Oc1ccccc1Cl.Oc1ccccc1Cl.Oc1ccccc1Cl.Oc1ccccc1Cl.[O-]c1ccccc1Cl.[O-]c1ccccc1Cl.[Zr]. The number of para-hydroxylation sites is 6. The molecule has 6 aromatic carbocycles. The molecule has 0 aliphatic heterocycles. The molecule has 6 rings (SSSR count). The van der Waals surface area contributed by atoms with Gasteiger partial charge in [-0.2, -0.15) is 0 Å². The van der Waals surface area contributed by atoms with Gasteiger partial charge >= 0.3 is 0 Å². The first-order valence-corrected chi connectivity index (χ1v) is 15.7. The molecule has 0 saturated heterocycles. The van der Waals surface area contributed by atoms with Crippen LogP contribution in [-0.4, -0.2) is 20.4 Å². The summed E-state index contributed by atoms with van der Waals surface area (Å²) in [7, 11) is 0. The van der Waals surface area contributed by atoms with E-state index >= 15 is 0 Å². The van der Waals surface area contributed by atoms with Gasteiger partial charge < -0.3 is 30.6 Å². The summed E-state index contributed by atoms with van der Waals surface area (Å²) in [6.07, 6.45) is 0. The molecule has 0 aliphatic carbocycles. The number of hydrogen-bond donors (Lipinski definition) is 4. The molecule has 0 unspecified atom stereocenters. The first-order chi connectivity index (χ1) is 22.8. The molecular formula is C36H28Cl6O6Zr-2. The number of halogens is 6. The van der Waals surface area contributed by atoms with Gasteiger partial charge in [-0.25, -0.2) is 0 Å². The average Bonchev–Trinajstić information content (AvgIpc) is 3.07. The fourth-order valence-corrected chi connectivity index (χ4v) is 3.51. The van der Waals surface area contributed by atoms with Crippen molar-refractivity contribution in [1.82, 2.24) is 0 Å². The predicted octanol–water partition coefficient (Wildman–Crippen LogP) is 11.0. The number of phenolic OH excluding ortho intramolecular Hbond substituents is 4. The van der Waals surface area contributed by atoms with Crippen molar-refractivity contribution in [2.75, 3.05) is 0 Å². The minimum Gasteiger partial charge on any atom is -0.871 e. The predicted molar refractivity (Wildman–Crippen MR) is 194 cm³/mol. The fourth-order valence-electron chi connectivity index (χ4n) is 2.70. The summed E-state index contributed by atoms with van der Waals surface area (Å²) in [4.78, 5) is 0. The van der Waals surface area contributed by atoms with Gasteiger partial charge in [-0.1, -0.05) is 166 Å². The summed E-state index contributed by atoms with van der Waals surface area (Å²) in [5, 5.41) is 58.3. The van der Waals surface area contributed by atoms with Gasteiger partial charge in [0.1, 0.15) is 23.0 Å². The number of rotatable bonds is 0. The second kappa shape index (κ2) is 26.6. The monoisotopic (exact) mass is 856 g/mol. The minimum absolute atomic E-state index is 0. The number of phenols is 4. The molecule has 6 aromatic rings. The van der Waals surface area contributed by atoms with Gasteiger partial charge in [0, 0.05) is 36.2 Å². The molecule has 0 radical (unpaired) electrons. The zero-order valence-corrected chi connectivity index (χ0v) is 32.2. The van der Waals surface area contributed by atoms with Crippen LogP contribution in [-0.2, 0) is 26.2 Å². The Morgan fingerprint density at radius 2 is 0.449 bits per heavy atom. The first kappa shape index (κ1) is 45.7. The van der Waals surface area contributed by atoms with Crippen LogP contribution in [0.5, 0.6) is 34.5 Å². The smallest absolute Gasteiger partial charge is 0.134 e. The third-order valence-electron chi connectivity index (χ3n) is 5.08. The van der Waals surface area contributed by atoms with Crippen LogP contribution in [0.3, 0.4) is 0 Å². The maximum absolute atomic E-state index is 10.5. The Labute approximate surface area is 334 Å². The third kappa shape index (κ3) is 20.8. The fraction of sp³-hybridized carbons (Fsp3) is 0. The summed E-state index contributed by atoms with van der Waals surface area (Å²) in [5.74, 6) is 0.301. The molecule has 4 N–H and O–H groups in total. The summed E-state index contributed by atoms with van der Waals surface area (Å²) in [6.45, 7) is 0. The number of hydrogen-bond acceptors (Lipinski definition) is 6. The van der Waals surface area contributed by atoms with Gasteiger partial charge in [-0.15, -0.1) is 0 Å². The quantitative estimate of drug-likeness (QED) is 0.120. The Balaban J connectivity index is 0.000000562. The second-order valence-corrected chi connectivity index (χ2v) is 11.1. The van der Waals surface area contributed by atoms with Gasteiger partial charge in [0.05, 0.1) is 20.1 Å². The summed E-state index contributed by atoms with van der Waals surface area (Å²) >= 11 is 32.6. The van der Waals surface area contributed by atoms with E-state index in [2.05, 4.69) is 0 Å². The van der Waals surface area contributed by atoms with Crippen molar-refractivity contribution in [1.29, 1.82) is 0 Å². The van der Waals surface area contributed by atoms with Gasteiger partial charge in [0.15, 0.2) is 0 Å². The average molecular weight is 861 g/mol. The minimum atomic E-state index is -0.117. The maximum Gasteiger partial charge on any atom is 0.134 e. The van der Waals surface area contributed by atoms with E-state index in [1.54, 1.807) is 133 Å². The van der Waals surface area contributed by atoms with Crippen LogP contribution in [0, 0.1) is 0 Å². The molecule has 0 spiro atoms. The van der Waals surface area contributed by atoms with E-state index < -0.39 is 0 Å². The van der Waals surface area contributed by atoms with Crippen LogP contribution in [0.1, 0.15) is 0 Å². The van der Waals surface area contributed by atoms with Gasteiger partial charge in [0.25, 0.3) is 0 Å². The van der Waals surface area contributed by atoms with Gasteiger partial charge in [0.2, 0.25) is 0 Å². The van der Waals surface area contributed by atoms with E-state index in [0.29, 0.717) is 20.1 Å². The van der Waals surface area contributed by atoms with Crippen LogP contribution in [0.4, 0.5) is 0 Å². The van der Waals surface area contributed by atoms with E-state index in [9.17, 15) is 10.2 Å². The van der Waals surface area contributed by atoms with Crippen molar-refractivity contribution < 1.29 is 56.8 Å². The van der Waals surface area contributed by atoms with Crippen molar-refractivity contribution in [3.8, 4) is 34.5 Å². The summed E-state index contributed by atoms with van der Waals surface area (Å²) < 4.78 is 0. The molecule has 0 bridgehead atoms. The van der Waals surface area contributed by atoms with Crippen molar-refractivity contribution in [2.24, 2.45) is 0 Å². The van der Waals surface area contributed by atoms with E-state index in [-0.39, 0.29) is 70.7 Å². The first-order valence-electron chi connectivity index (χ1n) is 13.4.